The minimum absolute atomic E-state index is 0.00428. The normalized spacial score (nSPS) is 28.5. The molecule has 0 unspecified atom stereocenters. The van der Waals surface area contributed by atoms with Crippen LogP contribution in [0.3, 0.4) is 0 Å². The summed E-state index contributed by atoms with van der Waals surface area (Å²) in [5, 5.41) is 3.27. The minimum Gasteiger partial charge on any atom is -0.468 e. The van der Waals surface area contributed by atoms with Gasteiger partial charge in [0.15, 0.2) is 5.41 Å². The summed E-state index contributed by atoms with van der Waals surface area (Å²) >= 11 is 0. The molecule has 4 rings (SSSR count). The van der Waals surface area contributed by atoms with Crippen LogP contribution in [0.15, 0.2) is 12.1 Å². The molecule has 0 saturated heterocycles. The van der Waals surface area contributed by atoms with Gasteiger partial charge >= 0.3 is 11.9 Å². The number of hydrogen-bond acceptors (Lipinski definition) is 4. The van der Waals surface area contributed by atoms with E-state index in [4.69, 9.17) is 9.47 Å². The van der Waals surface area contributed by atoms with Crippen molar-refractivity contribution in [3.63, 3.8) is 0 Å². The summed E-state index contributed by atoms with van der Waals surface area (Å²) in [7, 11) is -0.173. The first-order valence-corrected chi connectivity index (χ1v) is 19.1. The summed E-state index contributed by atoms with van der Waals surface area (Å²) in [6.07, 6.45) is 5.53. The lowest BCUT2D eigenvalue weighted by Gasteiger charge is -2.46. The van der Waals surface area contributed by atoms with Crippen LogP contribution in [0.1, 0.15) is 49.1 Å². The maximum absolute atomic E-state index is 13.0. The number of ether oxygens (including phenoxy) is 2. The molecule has 0 aromatic heterocycles. The van der Waals surface area contributed by atoms with Crippen molar-refractivity contribution in [3.05, 3.63) is 23.3 Å². The Balaban J connectivity index is 1.84. The molecule has 3 aliphatic carbocycles. The zero-order valence-corrected chi connectivity index (χ0v) is 23.2. The van der Waals surface area contributed by atoms with Gasteiger partial charge in [0.1, 0.15) is 0 Å². The zero-order chi connectivity index (χ0) is 23.7. The molecule has 0 amide bonds. The van der Waals surface area contributed by atoms with Crippen LogP contribution in [0.2, 0.25) is 39.3 Å². The molecule has 1 aromatic rings. The van der Waals surface area contributed by atoms with Crippen LogP contribution in [0.5, 0.6) is 0 Å². The van der Waals surface area contributed by atoms with Gasteiger partial charge in [0.2, 0.25) is 0 Å². The third-order valence-electron chi connectivity index (χ3n) is 8.79. The predicted molar refractivity (Wildman–Crippen MR) is 134 cm³/mol. The van der Waals surface area contributed by atoms with Crippen molar-refractivity contribution in [2.45, 2.75) is 83.7 Å². The summed E-state index contributed by atoms with van der Waals surface area (Å²) < 4.78 is 10.4. The SMILES string of the molecule is COC(=O)C1(C(=O)OC)C[C@@]23CCc4cc([Si](C)(C)C)c([Si](C)(C)C)cc4[C@@H]2CC[C@@H]1C3. The van der Waals surface area contributed by atoms with E-state index in [9.17, 15) is 9.59 Å². The molecular formula is C26H40O4Si2. The van der Waals surface area contributed by atoms with E-state index in [0.717, 1.165) is 32.1 Å². The quantitative estimate of drug-likeness (QED) is 0.372. The van der Waals surface area contributed by atoms with Gasteiger partial charge in [0.05, 0.1) is 30.4 Å². The largest absolute Gasteiger partial charge is 0.468 e. The summed E-state index contributed by atoms with van der Waals surface area (Å²) in [6, 6.07) is 5.15. The predicted octanol–water partition coefficient (Wildman–Crippen LogP) is 4.33. The average molecular weight is 473 g/mol. The molecule has 2 saturated carbocycles. The highest BCUT2D eigenvalue weighted by Gasteiger charge is 2.68. The van der Waals surface area contributed by atoms with Crippen LogP contribution in [0, 0.1) is 16.7 Å². The van der Waals surface area contributed by atoms with E-state index in [0.29, 0.717) is 12.3 Å². The number of benzene rings is 1. The molecule has 4 nitrogen and oxygen atoms in total. The number of carbonyl (C=O) groups is 2. The van der Waals surface area contributed by atoms with Gasteiger partial charge in [-0.05, 0) is 66.9 Å². The number of esters is 2. The Morgan fingerprint density at radius 2 is 1.47 bits per heavy atom. The van der Waals surface area contributed by atoms with Gasteiger partial charge in [-0.1, -0.05) is 61.8 Å². The fourth-order valence-corrected chi connectivity index (χ4v) is 12.5. The Morgan fingerprint density at radius 3 is 2.00 bits per heavy atom. The highest BCUT2D eigenvalue weighted by atomic mass is 28.3. The first-order valence-electron chi connectivity index (χ1n) is 12.1. The van der Waals surface area contributed by atoms with E-state index >= 15 is 0 Å². The number of fused-ring (bicyclic) bond motifs is 3. The van der Waals surface area contributed by atoms with Crippen molar-refractivity contribution in [2.24, 2.45) is 16.7 Å². The first-order chi connectivity index (χ1) is 14.8. The van der Waals surface area contributed by atoms with Crippen molar-refractivity contribution in [2.75, 3.05) is 14.2 Å². The molecule has 6 heteroatoms. The summed E-state index contributed by atoms with van der Waals surface area (Å²) in [5.41, 5.74) is 1.90. The molecule has 1 aromatic carbocycles. The van der Waals surface area contributed by atoms with E-state index < -0.39 is 33.5 Å². The third-order valence-corrected chi connectivity index (χ3v) is 13.1. The van der Waals surface area contributed by atoms with Crippen LogP contribution in [-0.4, -0.2) is 42.3 Å². The Kier molecular flexibility index (Phi) is 5.60. The number of aryl methyl sites for hydroxylation is 1. The Bertz CT molecular complexity index is 940. The molecule has 176 valence electrons. The van der Waals surface area contributed by atoms with E-state index in [2.05, 4.69) is 51.4 Å². The van der Waals surface area contributed by atoms with Crippen LogP contribution in [-0.2, 0) is 25.5 Å². The fourth-order valence-electron chi connectivity index (χ4n) is 7.33. The Hall–Kier alpha value is -1.41. The number of rotatable bonds is 4. The van der Waals surface area contributed by atoms with Crippen molar-refractivity contribution in [1.82, 2.24) is 0 Å². The molecule has 1 spiro atoms. The van der Waals surface area contributed by atoms with Crippen LogP contribution in [0.4, 0.5) is 0 Å². The molecule has 32 heavy (non-hydrogen) atoms. The van der Waals surface area contributed by atoms with Crippen molar-refractivity contribution >= 4 is 38.5 Å². The molecule has 0 radical (unpaired) electrons. The second kappa shape index (κ2) is 7.55. The fraction of sp³-hybridized carbons (Fsp3) is 0.692. The molecule has 0 aliphatic heterocycles. The molecule has 3 aliphatic rings. The van der Waals surface area contributed by atoms with Crippen LogP contribution < -0.4 is 10.4 Å². The first kappa shape index (κ1) is 23.7. The summed E-state index contributed by atoms with van der Waals surface area (Å²) in [6.45, 7) is 14.8. The van der Waals surface area contributed by atoms with Crippen molar-refractivity contribution < 1.29 is 19.1 Å². The molecular weight excluding hydrogens is 432 g/mol. The second-order valence-electron chi connectivity index (χ2n) is 12.6. The standard InChI is InChI=1S/C26H40O4Si2/c1-29-23(27)26(24(28)30-2)16-25-12-11-17-13-21(31(3,4)5)22(32(6,7)8)14-19(17)20(25)10-9-18(26)15-25/h13-14,18,20H,9-12,15-16H2,1-8H3/t18-,20+,25+/m1/s1. The number of hydrogen-bond donors (Lipinski definition) is 0. The van der Waals surface area contributed by atoms with Gasteiger partial charge in [-0.2, -0.15) is 0 Å². The Labute approximate surface area is 195 Å². The minimum atomic E-state index is -1.52. The molecule has 2 bridgehead atoms. The summed E-state index contributed by atoms with van der Waals surface area (Å²) in [4.78, 5) is 26.0. The molecule has 3 atom stereocenters. The van der Waals surface area contributed by atoms with E-state index in [1.165, 1.54) is 25.3 Å². The van der Waals surface area contributed by atoms with Gasteiger partial charge in [0, 0.05) is 0 Å². The van der Waals surface area contributed by atoms with E-state index in [1.807, 2.05) is 0 Å². The molecule has 2 fully saturated rings. The maximum atomic E-state index is 13.0. The highest BCUT2D eigenvalue weighted by molar-refractivity contribution is 6.98. The van der Waals surface area contributed by atoms with E-state index in [1.54, 1.807) is 10.4 Å². The Morgan fingerprint density at radius 1 is 0.906 bits per heavy atom. The molecule has 0 heterocycles. The van der Waals surface area contributed by atoms with Gasteiger partial charge in [0.25, 0.3) is 0 Å². The topological polar surface area (TPSA) is 52.6 Å². The van der Waals surface area contributed by atoms with Crippen LogP contribution >= 0.6 is 0 Å². The average Bonchev–Trinajstić information content (AvgIpc) is 2.98. The van der Waals surface area contributed by atoms with Gasteiger partial charge < -0.3 is 9.47 Å². The van der Waals surface area contributed by atoms with Crippen molar-refractivity contribution in [1.29, 1.82) is 0 Å². The molecule has 0 N–H and O–H groups in total. The smallest absolute Gasteiger partial charge is 0.323 e. The monoisotopic (exact) mass is 472 g/mol. The van der Waals surface area contributed by atoms with Gasteiger partial charge in [-0.25, -0.2) is 0 Å². The number of methoxy groups -OCH3 is 2. The van der Waals surface area contributed by atoms with Gasteiger partial charge in [-0.15, -0.1) is 0 Å². The van der Waals surface area contributed by atoms with Crippen molar-refractivity contribution in [3.8, 4) is 0 Å². The lowest BCUT2D eigenvalue weighted by atomic mass is 9.59. The number of carbonyl (C=O) groups excluding carboxylic acids is 2. The van der Waals surface area contributed by atoms with Crippen LogP contribution in [0.25, 0.3) is 0 Å². The highest BCUT2D eigenvalue weighted by Crippen LogP contribution is 2.68. The van der Waals surface area contributed by atoms with Gasteiger partial charge in [-0.3, -0.25) is 9.59 Å². The maximum Gasteiger partial charge on any atom is 0.323 e. The van der Waals surface area contributed by atoms with E-state index in [-0.39, 0.29) is 11.3 Å². The lowest BCUT2D eigenvalue weighted by molar-refractivity contribution is -0.172. The zero-order valence-electron chi connectivity index (χ0n) is 21.2. The summed E-state index contributed by atoms with van der Waals surface area (Å²) in [5.74, 6) is -0.341. The lowest BCUT2D eigenvalue weighted by Crippen LogP contribution is -2.57. The third kappa shape index (κ3) is 3.35. The second-order valence-corrected chi connectivity index (χ2v) is 22.7.